The van der Waals surface area contributed by atoms with E-state index in [0.717, 1.165) is 30.9 Å². The highest BCUT2D eigenvalue weighted by Gasteiger charge is 2.31. The van der Waals surface area contributed by atoms with Crippen LogP contribution in [-0.4, -0.2) is 41.4 Å². The number of sulfone groups is 1. The first-order valence-electron chi connectivity index (χ1n) is 8.16. The van der Waals surface area contributed by atoms with Gasteiger partial charge in [-0.2, -0.15) is 5.10 Å². The summed E-state index contributed by atoms with van der Waals surface area (Å²) >= 11 is 0. The maximum atomic E-state index is 12.7. The number of aryl methyl sites for hydroxylation is 1. The Morgan fingerprint density at radius 1 is 1.31 bits per heavy atom. The van der Waals surface area contributed by atoms with Crippen molar-refractivity contribution in [1.29, 1.82) is 0 Å². The normalized spacial score (nSPS) is 14.2. The van der Waals surface area contributed by atoms with Gasteiger partial charge in [-0.3, -0.25) is 9.48 Å². The maximum absolute atomic E-state index is 12.7. The van der Waals surface area contributed by atoms with Crippen molar-refractivity contribution in [1.82, 2.24) is 9.78 Å². The second-order valence-corrected chi connectivity index (χ2v) is 8.35. The van der Waals surface area contributed by atoms with E-state index in [1.54, 1.807) is 10.9 Å². The average molecular weight is 377 g/mol. The van der Waals surface area contributed by atoms with Crippen LogP contribution in [0.15, 0.2) is 29.3 Å². The van der Waals surface area contributed by atoms with Crippen molar-refractivity contribution in [2.75, 3.05) is 11.6 Å². The van der Waals surface area contributed by atoms with Crippen LogP contribution in [-0.2, 0) is 16.4 Å². The SMILES string of the molecule is CCn1cc(C(=O)Nc2cc(C(=O)O)cc(S(C)(=O)=O)c2)c(C2CC2)n1. The molecular formula is C17H19N3O5S. The largest absolute Gasteiger partial charge is 0.478 e. The summed E-state index contributed by atoms with van der Waals surface area (Å²) in [6.07, 6.45) is 4.60. The molecule has 2 aromatic rings. The van der Waals surface area contributed by atoms with E-state index in [2.05, 4.69) is 10.4 Å². The fraction of sp³-hybridized carbons (Fsp3) is 0.353. The fourth-order valence-corrected chi connectivity index (χ4v) is 3.32. The first-order chi connectivity index (χ1) is 12.2. The Morgan fingerprint density at radius 3 is 2.54 bits per heavy atom. The van der Waals surface area contributed by atoms with E-state index in [1.807, 2.05) is 6.92 Å². The summed E-state index contributed by atoms with van der Waals surface area (Å²) < 4.78 is 25.3. The molecule has 1 fully saturated rings. The number of aromatic carboxylic acids is 1. The lowest BCUT2D eigenvalue weighted by Crippen LogP contribution is -2.14. The number of hydrogen-bond donors (Lipinski definition) is 2. The predicted molar refractivity (Wildman–Crippen MR) is 94.3 cm³/mol. The first kappa shape index (κ1) is 18.1. The summed E-state index contributed by atoms with van der Waals surface area (Å²) in [7, 11) is -3.62. The Hall–Kier alpha value is -2.68. The van der Waals surface area contributed by atoms with Crippen molar-refractivity contribution in [2.24, 2.45) is 0 Å². The molecule has 1 aliphatic carbocycles. The van der Waals surface area contributed by atoms with E-state index >= 15 is 0 Å². The number of carbonyl (C=O) groups excluding carboxylic acids is 1. The number of aromatic nitrogens is 2. The predicted octanol–water partition coefficient (Wildman–Crippen LogP) is 2.13. The van der Waals surface area contributed by atoms with Crippen LogP contribution in [0, 0.1) is 0 Å². The Bertz CT molecular complexity index is 990. The van der Waals surface area contributed by atoms with Gasteiger partial charge in [-0.15, -0.1) is 0 Å². The molecule has 0 saturated heterocycles. The van der Waals surface area contributed by atoms with Crippen molar-refractivity contribution < 1.29 is 23.1 Å². The van der Waals surface area contributed by atoms with Crippen LogP contribution in [0.4, 0.5) is 5.69 Å². The summed E-state index contributed by atoms with van der Waals surface area (Å²) in [6.45, 7) is 2.54. The quantitative estimate of drug-likeness (QED) is 0.796. The highest BCUT2D eigenvalue weighted by molar-refractivity contribution is 7.90. The molecule has 138 valence electrons. The molecule has 1 heterocycles. The number of rotatable bonds is 6. The minimum atomic E-state index is -3.62. The molecule has 1 aromatic carbocycles. The molecule has 0 bridgehead atoms. The highest BCUT2D eigenvalue weighted by Crippen LogP contribution is 2.41. The average Bonchev–Trinajstić information content (AvgIpc) is 3.32. The third kappa shape index (κ3) is 3.77. The molecular weight excluding hydrogens is 358 g/mol. The van der Waals surface area contributed by atoms with E-state index < -0.39 is 21.7 Å². The molecule has 0 aliphatic heterocycles. The van der Waals surface area contributed by atoms with Gasteiger partial charge in [0, 0.05) is 30.6 Å². The van der Waals surface area contributed by atoms with Crippen LogP contribution >= 0.6 is 0 Å². The second kappa shape index (κ2) is 6.56. The Kier molecular flexibility index (Phi) is 4.57. The number of carboxylic acids is 1. The lowest BCUT2D eigenvalue weighted by atomic mass is 10.1. The van der Waals surface area contributed by atoms with Crippen LogP contribution < -0.4 is 5.32 Å². The molecule has 0 spiro atoms. The van der Waals surface area contributed by atoms with Crippen LogP contribution in [0.25, 0.3) is 0 Å². The smallest absolute Gasteiger partial charge is 0.335 e. The Labute approximate surface area is 150 Å². The summed E-state index contributed by atoms with van der Waals surface area (Å²) in [5.74, 6) is -1.45. The number of carboxylic acid groups (broad SMARTS) is 1. The number of nitrogens with zero attached hydrogens (tertiary/aromatic N) is 2. The Morgan fingerprint density at radius 2 is 2.00 bits per heavy atom. The lowest BCUT2D eigenvalue weighted by molar-refractivity contribution is 0.0696. The van der Waals surface area contributed by atoms with E-state index in [-0.39, 0.29) is 22.1 Å². The van der Waals surface area contributed by atoms with E-state index in [9.17, 15) is 23.1 Å². The van der Waals surface area contributed by atoms with Crippen molar-refractivity contribution >= 4 is 27.4 Å². The molecule has 1 aromatic heterocycles. The minimum Gasteiger partial charge on any atom is -0.478 e. The van der Waals surface area contributed by atoms with E-state index in [1.165, 1.54) is 12.1 Å². The Balaban J connectivity index is 1.96. The van der Waals surface area contributed by atoms with Gasteiger partial charge in [0.1, 0.15) is 0 Å². The van der Waals surface area contributed by atoms with Crippen molar-refractivity contribution in [3.8, 4) is 0 Å². The van der Waals surface area contributed by atoms with Gasteiger partial charge < -0.3 is 10.4 Å². The van der Waals surface area contributed by atoms with Crippen LogP contribution in [0.2, 0.25) is 0 Å². The minimum absolute atomic E-state index is 0.112. The molecule has 8 nitrogen and oxygen atoms in total. The van der Waals surface area contributed by atoms with Crippen LogP contribution in [0.5, 0.6) is 0 Å². The standard InChI is InChI=1S/C17H19N3O5S/c1-3-20-9-14(15(19-20)10-4-5-10)16(21)18-12-6-11(17(22)23)7-13(8-12)26(2,24)25/h6-10H,3-5H2,1-2H3,(H,18,21)(H,22,23). The van der Waals surface area contributed by atoms with Gasteiger partial charge in [-0.05, 0) is 38.0 Å². The molecule has 2 N–H and O–H groups in total. The van der Waals surface area contributed by atoms with Gasteiger partial charge >= 0.3 is 5.97 Å². The molecule has 0 atom stereocenters. The zero-order chi connectivity index (χ0) is 19.1. The van der Waals surface area contributed by atoms with Gasteiger partial charge in [0.2, 0.25) is 0 Å². The van der Waals surface area contributed by atoms with Crippen LogP contribution in [0.1, 0.15) is 52.1 Å². The molecule has 26 heavy (non-hydrogen) atoms. The number of hydrogen-bond acceptors (Lipinski definition) is 5. The topological polar surface area (TPSA) is 118 Å². The molecule has 1 saturated carbocycles. The summed E-state index contributed by atoms with van der Waals surface area (Å²) in [5.41, 5.74) is 1.05. The van der Waals surface area contributed by atoms with E-state index in [4.69, 9.17) is 0 Å². The fourth-order valence-electron chi connectivity index (χ4n) is 2.64. The highest BCUT2D eigenvalue weighted by atomic mass is 32.2. The molecule has 1 amide bonds. The lowest BCUT2D eigenvalue weighted by Gasteiger charge is -2.09. The van der Waals surface area contributed by atoms with Gasteiger partial charge in [-0.25, -0.2) is 13.2 Å². The zero-order valence-electron chi connectivity index (χ0n) is 14.4. The van der Waals surface area contributed by atoms with Gasteiger partial charge in [0.15, 0.2) is 9.84 Å². The summed E-state index contributed by atoms with van der Waals surface area (Å²) in [4.78, 5) is 23.8. The molecule has 0 radical (unpaired) electrons. The number of carbonyl (C=O) groups is 2. The third-order valence-corrected chi connectivity index (χ3v) is 5.25. The molecule has 3 rings (SSSR count). The second-order valence-electron chi connectivity index (χ2n) is 6.34. The van der Waals surface area contributed by atoms with Crippen molar-refractivity contribution in [3.63, 3.8) is 0 Å². The zero-order valence-corrected chi connectivity index (χ0v) is 15.2. The van der Waals surface area contributed by atoms with Gasteiger partial charge in [-0.1, -0.05) is 0 Å². The summed E-state index contributed by atoms with van der Waals surface area (Å²) in [6, 6.07) is 3.55. The number of benzene rings is 1. The van der Waals surface area contributed by atoms with Crippen molar-refractivity contribution in [2.45, 2.75) is 37.1 Å². The van der Waals surface area contributed by atoms with Gasteiger partial charge in [0.05, 0.1) is 21.7 Å². The first-order valence-corrected chi connectivity index (χ1v) is 10.1. The van der Waals surface area contributed by atoms with Crippen molar-refractivity contribution in [3.05, 3.63) is 41.2 Å². The molecule has 1 aliphatic rings. The summed E-state index contributed by atoms with van der Waals surface area (Å²) in [5, 5.41) is 16.2. The number of anilines is 1. The van der Waals surface area contributed by atoms with E-state index in [0.29, 0.717) is 12.1 Å². The number of nitrogens with one attached hydrogen (secondary N) is 1. The third-order valence-electron chi connectivity index (χ3n) is 4.16. The molecule has 9 heteroatoms. The number of amides is 1. The van der Waals surface area contributed by atoms with Crippen LogP contribution in [0.3, 0.4) is 0 Å². The molecule has 0 unspecified atom stereocenters. The maximum Gasteiger partial charge on any atom is 0.335 e. The van der Waals surface area contributed by atoms with Gasteiger partial charge in [0.25, 0.3) is 5.91 Å². The monoisotopic (exact) mass is 377 g/mol.